The minimum Gasteiger partial charge on any atom is -0.508 e. The number of nitrogens with zero attached hydrogens (tertiary/aromatic N) is 1. The maximum atomic E-state index is 12.5. The highest BCUT2D eigenvalue weighted by Gasteiger charge is 2.22. The minimum atomic E-state index is -1.79. The van der Waals surface area contributed by atoms with Gasteiger partial charge in [0.25, 0.3) is 5.69 Å². The zero-order valence-electron chi connectivity index (χ0n) is 16.0. The molecule has 0 aromatic heterocycles. The number of hydrogen-bond donors (Lipinski definition) is 3. The first-order chi connectivity index (χ1) is 15.2. The maximum Gasteiger partial charge on any atom is 0.269 e. The van der Waals surface area contributed by atoms with E-state index in [9.17, 15) is 45.2 Å². The second-order valence-corrected chi connectivity index (χ2v) is 5.82. The fourth-order valence-corrected chi connectivity index (χ4v) is 1.86. The average molecular weight is 485 g/mol. The number of phenolic OH excluding ortho intramolecular Hbond substituents is 3. The third-order valence-corrected chi connectivity index (χ3v) is 3.61. The molecule has 0 aliphatic rings. The first-order valence-corrected chi connectivity index (χ1v) is 8.17. The number of nitro benzene ring substituents is 1. The van der Waals surface area contributed by atoms with Crippen molar-refractivity contribution in [3.05, 3.63) is 92.5 Å². The molecular formula is C19H11F8NO5. The molecule has 0 aliphatic carbocycles. The molecule has 3 aromatic carbocycles. The van der Waals surface area contributed by atoms with E-state index < -0.39 is 68.5 Å². The molecule has 0 saturated heterocycles. The third kappa shape index (κ3) is 6.44. The highest BCUT2D eigenvalue weighted by molar-refractivity contribution is 5.35. The van der Waals surface area contributed by atoms with E-state index in [4.69, 9.17) is 15.3 Å². The predicted octanol–water partition coefficient (Wildman–Crippen LogP) is 5.51. The molecule has 3 N–H and O–H groups in total. The standard InChI is InChI=1S/C7H4F4O.C6H2F4O.C6H5NO3/c1-2-3(8)5(10)7(12)6(11)4(2)9;7-2-1-3(8)5(10)6(11)4(2)9;8-6-3-1-5(2-4-6)7(9)10/h12H,1H3;1,11H;1-4,8H. The molecule has 3 aromatic rings. The van der Waals surface area contributed by atoms with Gasteiger partial charge in [0.2, 0.25) is 23.3 Å². The number of rotatable bonds is 1. The van der Waals surface area contributed by atoms with Crippen LogP contribution in [0.5, 0.6) is 17.2 Å². The fourth-order valence-electron chi connectivity index (χ4n) is 1.86. The predicted molar refractivity (Wildman–Crippen MR) is 95.4 cm³/mol. The Bertz CT molecular complexity index is 1040. The van der Waals surface area contributed by atoms with Gasteiger partial charge in [-0.15, -0.1) is 0 Å². The van der Waals surface area contributed by atoms with Crippen molar-refractivity contribution in [3.8, 4) is 17.2 Å². The molecule has 0 heterocycles. The third-order valence-electron chi connectivity index (χ3n) is 3.61. The molecule has 0 spiro atoms. The van der Waals surface area contributed by atoms with Gasteiger partial charge in [0, 0.05) is 23.8 Å². The lowest BCUT2D eigenvalue weighted by Gasteiger charge is -2.03. The molecule has 0 aliphatic heterocycles. The number of phenols is 3. The lowest BCUT2D eigenvalue weighted by atomic mass is 10.2. The summed E-state index contributed by atoms with van der Waals surface area (Å²) >= 11 is 0. The second-order valence-electron chi connectivity index (χ2n) is 5.82. The molecule has 0 atom stereocenters. The van der Waals surface area contributed by atoms with Crippen molar-refractivity contribution in [2.24, 2.45) is 0 Å². The molecule has 0 fully saturated rings. The van der Waals surface area contributed by atoms with Crippen molar-refractivity contribution >= 4 is 5.69 Å². The fraction of sp³-hybridized carbons (Fsp3) is 0.0526. The quantitative estimate of drug-likeness (QED) is 0.183. The normalized spacial score (nSPS) is 9.97. The van der Waals surface area contributed by atoms with Gasteiger partial charge in [0.15, 0.2) is 34.8 Å². The van der Waals surface area contributed by atoms with Crippen molar-refractivity contribution in [2.45, 2.75) is 6.92 Å². The van der Waals surface area contributed by atoms with E-state index >= 15 is 0 Å². The molecule has 178 valence electrons. The van der Waals surface area contributed by atoms with Crippen LogP contribution in [0, 0.1) is 63.6 Å². The number of benzene rings is 3. The molecule has 0 radical (unpaired) electrons. The Morgan fingerprint density at radius 3 is 1.39 bits per heavy atom. The van der Waals surface area contributed by atoms with Crippen molar-refractivity contribution < 1.29 is 55.4 Å². The van der Waals surface area contributed by atoms with Crippen LogP contribution in [-0.2, 0) is 0 Å². The number of halogens is 8. The molecule has 0 saturated carbocycles. The van der Waals surface area contributed by atoms with Crippen molar-refractivity contribution in [2.75, 3.05) is 0 Å². The monoisotopic (exact) mass is 485 g/mol. The van der Waals surface area contributed by atoms with Gasteiger partial charge in [-0.1, -0.05) is 0 Å². The van der Waals surface area contributed by atoms with Crippen LogP contribution in [0.15, 0.2) is 30.3 Å². The van der Waals surface area contributed by atoms with Crippen LogP contribution in [0.4, 0.5) is 40.8 Å². The molecular weight excluding hydrogens is 474 g/mol. The maximum absolute atomic E-state index is 12.5. The highest BCUT2D eigenvalue weighted by Crippen LogP contribution is 2.28. The molecule has 3 rings (SSSR count). The van der Waals surface area contributed by atoms with Crippen molar-refractivity contribution in [1.82, 2.24) is 0 Å². The lowest BCUT2D eigenvalue weighted by molar-refractivity contribution is -0.384. The van der Waals surface area contributed by atoms with Gasteiger partial charge in [-0.3, -0.25) is 10.1 Å². The van der Waals surface area contributed by atoms with E-state index in [-0.39, 0.29) is 17.5 Å². The van der Waals surface area contributed by atoms with Gasteiger partial charge < -0.3 is 15.3 Å². The number of aromatic hydroxyl groups is 3. The zero-order valence-corrected chi connectivity index (χ0v) is 16.0. The van der Waals surface area contributed by atoms with Crippen molar-refractivity contribution in [3.63, 3.8) is 0 Å². The molecule has 0 amide bonds. The van der Waals surface area contributed by atoms with E-state index in [2.05, 4.69) is 0 Å². The largest absolute Gasteiger partial charge is 0.508 e. The first kappa shape index (κ1) is 26.9. The Morgan fingerprint density at radius 2 is 1.03 bits per heavy atom. The summed E-state index contributed by atoms with van der Waals surface area (Å²) in [5.41, 5.74) is -0.805. The van der Waals surface area contributed by atoms with E-state index in [1.54, 1.807) is 0 Å². The number of hydrogen-bond acceptors (Lipinski definition) is 5. The number of non-ortho nitro benzene ring substituents is 1. The molecule has 14 heteroatoms. The molecule has 0 unspecified atom stereocenters. The first-order valence-electron chi connectivity index (χ1n) is 8.17. The SMILES string of the molecule is Cc1c(F)c(F)c(O)c(F)c1F.O=[N+]([O-])c1ccc(O)cc1.Oc1c(F)c(F)cc(F)c1F. The Hall–Kier alpha value is -4.10. The smallest absolute Gasteiger partial charge is 0.269 e. The summed E-state index contributed by atoms with van der Waals surface area (Å²) in [5.74, 6) is -16.8. The van der Waals surface area contributed by atoms with Crippen LogP contribution in [0.1, 0.15) is 5.56 Å². The van der Waals surface area contributed by atoms with Gasteiger partial charge in [-0.05, 0) is 19.1 Å². The Labute approximate surface area is 178 Å². The summed E-state index contributed by atoms with van der Waals surface area (Å²) in [7, 11) is 0. The lowest BCUT2D eigenvalue weighted by Crippen LogP contribution is -1.98. The van der Waals surface area contributed by atoms with E-state index in [0.717, 1.165) is 6.92 Å². The Morgan fingerprint density at radius 1 is 0.667 bits per heavy atom. The van der Waals surface area contributed by atoms with Gasteiger partial charge in [-0.25, -0.2) is 17.6 Å². The van der Waals surface area contributed by atoms with E-state index in [0.29, 0.717) is 0 Å². The Kier molecular flexibility index (Phi) is 8.95. The second kappa shape index (κ2) is 11.0. The summed E-state index contributed by atoms with van der Waals surface area (Å²) in [6, 6.07) is 5.06. The topological polar surface area (TPSA) is 104 Å². The summed E-state index contributed by atoms with van der Waals surface area (Å²) in [4.78, 5) is 9.52. The van der Waals surface area contributed by atoms with Crippen LogP contribution in [0.2, 0.25) is 0 Å². The van der Waals surface area contributed by atoms with Crippen LogP contribution >= 0.6 is 0 Å². The summed E-state index contributed by atoms with van der Waals surface area (Å²) < 4.78 is 98.2. The van der Waals surface area contributed by atoms with Gasteiger partial charge in [-0.2, -0.15) is 17.6 Å². The molecule has 6 nitrogen and oxygen atoms in total. The molecule has 0 bridgehead atoms. The zero-order chi connectivity index (χ0) is 25.6. The van der Waals surface area contributed by atoms with Crippen LogP contribution in [0.25, 0.3) is 0 Å². The van der Waals surface area contributed by atoms with Gasteiger partial charge in [0.05, 0.1) is 4.92 Å². The summed E-state index contributed by atoms with van der Waals surface area (Å²) in [6.07, 6.45) is 0. The average Bonchev–Trinajstić information content (AvgIpc) is 2.78. The summed E-state index contributed by atoms with van der Waals surface area (Å²) in [5, 5.41) is 35.6. The van der Waals surface area contributed by atoms with E-state index in [1.165, 1.54) is 24.3 Å². The van der Waals surface area contributed by atoms with Gasteiger partial charge >= 0.3 is 0 Å². The summed E-state index contributed by atoms with van der Waals surface area (Å²) in [6.45, 7) is 0.871. The highest BCUT2D eigenvalue weighted by atomic mass is 19.2. The Balaban J connectivity index is 0.000000249. The van der Waals surface area contributed by atoms with Crippen LogP contribution < -0.4 is 0 Å². The van der Waals surface area contributed by atoms with Crippen molar-refractivity contribution in [1.29, 1.82) is 0 Å². The minimum absolute atomic E-state index is 0.0159. The van der Waals surface area contributed by atoms with Gasteiger partial charge in [0.1, 0.15) is 5.75 Å². The van der Waals surface area contributed by atoms with Crippen LogP contribution in [0.3, 0.4) is 0 Å². The van der Waals surface area contributed by atoms with Crippen LogP contribution in [-0.4, -0.2) is 20.2 Å². The number of nitro groups is 1. The molecule has 33 heavy (non-hydrogen) atoms. The van der Waals surface area contributed by atoms with E-state index in [1.807, 2.05) is 0 Å².